The smallest absolute Gasteiger partial charge is 0.303 e. The lowest BCUT2D eigenvalue weighted by Gasteiger charge is -2.31. The maximum atomic E-state index is 11.7. The molecular formula is C20H32N2O3. The zero-order chi connectivity index (χ0) is 19.1. The molecule has 0 spiro atoms. The number of nitrogens with one attached hydrogen (secondary N) is 1. The van der Waals surface area contributed by atoms with Gasteiger partial charge < -0.3 is 15.3 Å². The summed E-state index contributed by atoms with van der Waals surface area (Å²) in [5.74, 6) is -0.0657. The predicted molar refractivity (Wildman–Crippen MR) is 103 cm³/mol. The molecule has 0 saturated carbocycles. The number of carbonyl (C=O) groups is 2. The van der Waals surface area contributed by atoms with Gasteiger partial charge in [-0.3, -0.25) is 9.59 Å². The summed E-state index contributed by atoms with van der Waals surface area (Å²) in [6.07, 6.45) is 0.0700. The lowest BCUT2D eigenvalue weighted by atomic mass is 9.96. The van der Waals surface area contributed by atoms with Gasteiger partial charge in [0.15, 0.2) is 0 Å². The van der Waals surface area contributed by atoms with Crippen LogP contribution in [0.3, 0.4) is 0 Å². The third kappa shape index (κ3) is 7.16. The van der Waals surface area contributed by atoms with Crippen LogP contribution >= 0.6 is 0 Å². The fourth-order valence-electron chi connectivity index (χ4n) is 2.96. The molecule has 1 aromatic carbocycles. The molecule has 25 heavy (non-hydrogen) atoms. The Morgan fingerprint density at radius 2 is 1.64 bits per heavy atom. The van der Waals surface area contributed by atoms with Gasteiger partial charge in [-0.2, -0.15) is 0 Å². The number of anilines is 2. The molecule has 0 saturated heterocycles. The minimum atomic E-state index is -0.820. The Kier molecular flexibility index (Phi) is 7.94. The Hall–Kier alpha value is -2.04. The maximum Gasteiger partial charge on any atom is 0.303 e. The topological polar surface area (TPSA) is 69.6 Å². The summed E-state index contributed by atoms with van der Waals surface area (Å²) in [5.41, 5.74) is 2.66. The van der Waals surface area contributed by atoms with Gasteiger partial charge in [-0.15, -0.1) is 0 Å². The quantitative estimate of drug-likeness (QED) is 0.696. The first-order chi connectivity index (χ1) is 11.6. The molecule has 0 unspecified atom stereocenters. The number of rotatable bonds is 9. The van der Waals surface area contributed by atoms with Gasteiger partial charge in [-0.25, -0.2) is 0 Å². The highest BCUT2D eigenvalue weighted by Gasteiger charge is 2.18. The van der Waals surface area contributed by atoms with Crippen LogP contribution in [-0.4, -0.2) is 30.1 Å². The highest BCUT2D eigenvalue weighted by atomic mass is 16.4. The van der Waals surface area contributed by atoms with Gasteiger partial charge in [-0.1, -0.05) is 40.7 Å². The van der Waals surface area contributed by atoms with Gasteiger partial charge in [0.2, 0.25) is 5.91 Å². The molecular weight excluding hydrogens is 316 g/mol. The van der Waals surface area contributed by atoms with E-state index in [4.69, 9.17) is 5.11 Å². The molecule has 0 aromatic heterocycles. The molecule has 0 aliphatic heterocycles. The van der Waals surface area contributed by atoms with Crippen molar-refractivity contribution >= 4 is 23.3 Å². The molecule has 0 bridgehead atoms. The number of hydrogen-bond acceptors (Lipinski definition) is 3. The van der Waals surface area contributed by atoms with Crippen LogP contribution in [-0.2, 0) is 9.59 Å². The largest absolute Gasteiger partial charge is 0.481 e. The normalized spacial score (nSPS) is 12.3. The number of carboxylic acids is 1. The number of amides is 1. The van der Waals surface area contributed by atoms with Gasteiger partial charge in [0.25, 0.3) is 0 Å². The molecule has 140 valence electrons. The molecule has 1 aromatic rings. The predicted octanol–water partition coefficient (Wildman–Crippen LogP) is 4.34. The summed E-state index contributed by atoms with van der Waals surface area (Å²) >= 11 is 0. The number of benzene rings is 1. The zero-order valence-corrected chi connectivity index (χ0v) is 16.3. The lowest BCUT2D eigenvalue weighted by Crippen LogP contribution is -2.32. The fraction of sp³-hybridized carbons (Fsp3) is 0.600. The van der Waals surface area contributed by atoms with E-state index >= 15 is 0 Å². The standard InChI is InChI=1S/C20H32N2O3/c1-13(2)11-22(12-14(3)4)19-8-7-17(15(5)9-20(24)25)10-18(19)21-16(6)23/h7-8,10,13-15H,9,11-12H2,1-6H3,(H,21,23)(H,24,25)/t15-/m0/s1. The summed E-state index contributed by atoms with van der Waals surface area (Å²) < 4.78 is 0. The Morgan fingerprint density at radius 3 is 2.08 bits per heavy atom. The molecule has 5 nitrogen and oxygen atoms in total. The van der Waals surface area contributed by atoms with Crippen LogP contribution in [0.2, 0.25) is 0 Å². The van der Waals surface area contributed by atoms with E-state index in [1.807, 2.05) is 25.1 Å². The van der Waals surface area contributed by atoms with Gasteiger partial charge >= 0.3 is 5.97 Å². The number of carboxylic acid groups (broad SMARTS) is 1. The van der Waals surface area contributed by atoms with Crippen molar-refractivity contribution in [2.45, 2.75) is 53.9 Å². The second-order valence-corrected chi connectivity index (χ2v) is 7.65. The molecule has 0 aliphatic carbocycles. The van der Waals surface area contributed by atoms with Gasteiger partial charge in [0.1, 0.15) is 0 Å². The minimum absolute atomic E-state index is 0.0700. The van der Waals surface area contributed by atoms with Crippen LogP contribution in [0.5, 0.6) is 0 Å². The molecule has 2 N–H and O–H groups in total. The Morgan fingerprint density at radius 1 is 1.08 bits per heavy atom. The Balaban J connectivity index is 3.26. The number of aliphatic carboxylic acids is 1. The maximum absolute atomic E-state index is 11.7. The van der Waals surface area contributed by atoms with Gasteiger partial charge in [-0.05, 0) is 35.4 Å². The third-order valence-electron chi connectivity index (χ3n) is 3.89. The Labute approximate surface area is 151 Å². The zero-order valence-electron chi connectivity index (χ0n) is 16.3. The van der Waals surface area contributed by atoms with Crippen LogP contribution in [0, 0.1) is 11.8 Å². The van der Waals surface area contributed by atoms with Crippen molar-refractivity contribution in [1.82, 2.24) is 0 Å². The highest BCUT2D eigenvalue weighted by Crippen LogP contribution is 2.32. The number of carbonyl (C=O) groups excluding carboxylic acids is 1. The molecule has 0 aliphatic rings. The van der Waals surface area contributed by atoms with Crippen molar-refractivity contribution in [3.05, 3.63) is 23.8 Å². The average Bonchev–Trinajstić information content (AvgIpc) is 2.44. The van der Waals surface area contributed by atoms with Crippen molar-refractivity contribution in [3.63, 3.8) is 0 Å². The highest BCUT2D eigenvalue weighted by molar-refractivity contribution is 5.93. The molecule has 1 rings (SSSR count). The second-order valence-electron chi connectivity index (χ2n) is 7.65. The summed E-state index contributed by atoms with van der Waals surface area (Å²) in [6.45, 7) is 13.9. The van der Waals surface area contributed by atoms with E-state index in [9.17, 15) is 9.59 Å². The van der Waals surface area contributed by atoms with E-state index in [1.54, 1.807) is 0 Å². The van der Waals surface area contributed by atoms with Crippen LogP contribution in [0.4, 0.5) is 11.4 Å². The van der Waals surface area contributed by atoms with Crippen LogP contribution in [0.15, 0.2) is 18.2 Å². The van der Waals surface area contributed by atoms with Crippen LogP contribution in [0.25, 0.3) is 0 Å². The van der Waals surface area contributed by atoms with Crippen LogP contribution in [0.1, 0.15) is 59.4 Å². The number of nitrogens with zero attached hydrogens (tertiary/aromatic N) is 1. The van der Waals surface area contributed by atoms with Crippen molar-refractivity contribution in [1.29, 1.82) is 0 Å². The van der Waals surface area contributed by atoms with Crippen LogP contribution < -0.4 is 10.2 Å². The molecule has 0 heterocycles. The average molecular weight is 348 g/mol. The van der Waals surface area contributed by atoms with E-state index in [0.717, 1.165) is 30.0 Å². The first-order valence-electron chi connectivity index (χ1n) is 8.98. The van der Waals surface area contributed by atoms with Crippen molar-refractivity contribution in [2.24, 2.45) is 11.8 Å². The SMILES string of the molecule is CC(=O)Nc1cc([C@@H](C)CC(=O)O)ccc1N(CC(C)C)CC(C)C. The molecule has 0 radical (unpaired) electrons. The van der Waals surface area contributed by atoms with Crippen molar-refractivity contribution in [3.8, 4) is 0 Å². The molecule has 0 fully saturated rings. The summed E-state index contributed by atoms with van der Waals surface area (Å²) in [6, 6.07) is 5.89. The molecule has 1 amide bonds. The first kappa shape index (κ1) is 21.0. The van der Waals surface area contributed by atoms with E-state index in [1.165, 1.54) is 6.92 Å². The van der Waals surface area contributed by atoms with Gasteiger partial charge in [0.05, 0.1) is 17.8 Å². The monoisotopic (exact) mass is 348 g/mol. The van der Waals surface area contributed by atoms with E-state index < -0.39 is 5.97 Å². The summed E-state index contributed by atoms with van der Waals surface area (Å²) in [7, 11) is 0. The van der Waals surface area contributed by atoms with Gasteiger partial charge in [0, 0.05) is 20.0 Å². The van der Waals surface area contributed by atoms with E-state index in [0.29, 0.717) is 11.8 Å². The summed E-state index contributed by atoms with van der Waals surface area (Å²) in [4.78, 5) is 25.0. The lowest BCUT2D eigenvalue weighted by molar-refractivity contribution is -0.137. The molecule has 1 atom stereocenters. The first-order valence-corrected chi connectivity index (χ1v) is 8.98. The van der Waals surface area contributed by atoms with Crippen molar-refractivity contribution in [2.75, 3.05) is 23.3 Å². The van der Waals surface area contributed by atoms with E-state index in [2.05, 4.69) is 37.9 Å². The third-order valence-corrected chi connectivity index (χ3v) is 3.89. The van der Waals surface area contributed by atoms with E-state index in [-0.39, 0.29) is 18.2 Å². The molecule has 5 heteroatoms. The van der Waals surface area contributed by atoms with Crippen molar-refractivity contribution < 1.29 is 14.7 Å². The number of hydrogen-bond donors (Lipinski definition) is 2. The summed E-state index contributed by atoms with van der Waals surface area (Å²) in [5, 5.41) is 11.9. The second kappa shape index (κ2) is 9.44. The minimum Gasteiger partial charge on any atom is -0.481 e. The Bertz CT molecular complexity index is 587. The fourth-order valence-corrected chi connectivity index (χ4v) is 2.96.